The third-order valence-electron chi connectivity index (χ3n) is 3.98. The Morgan fingerprint density at radius 2 is 2.04 bits per heavy atom. The maximum Gasteiger partial charge on any atom is 0.326 e. The number of rotatable bonds is 5. The van der Waals surface area contributed by atoms with Gasteiger partial charge in [-0.1, -0.05) is 18.2 Å². The number of aliphatic hydroxyl groups is 1. The summed E-state index contributed by atoms with van der Waals surface area (Å²) in [6, 6.07) is 5.40. The lowest BCUT2D eigenvalue weighted by atomic mass is 10.1. The van der Waals surface area contributed by atoms with Crippen molar-refractivity contribution in [2.24, 2.45) is 0 Å². The fourth-order valence-electron chi connectivity index (χ4n) is 2.76. The van der Waals surface area contributed by atoms with Gasteiger partial charge < -0.3 is 20.4 Å². The van der Waals surface area contributed by atoms with Crippen LogP contribution in [-0.2, 0) is 20.8 Å². The number of carbonyl (C=O) groups excluding carboxylic acids is 2. The fraction of sp³-hybridized carbons (Fsp3) is 0.438. The number of amides is 2. The third-order valence-corrected chi connectivity index (χ3v) is 5.03. The summed E-state index contributed by atoms with van der Waals surface area (Å²) in [5, 5.41) is 21.6. The molecule has 1 fully saturated rings. The molecule has 2 rings (SSSR count). The summed E-state index contributed by atoms with van der Waals surface area (Å²) in [5.74, 6) is -2.02. The molecule has 1 aromatic rings. The molecule has 0 aromatic heterocycles. The second-order valence-corrected chi connectivity index (χ2v) is 6.93. The van der Waals surface area contributed by atoms with Gasteiger partial charge in [0, 0.05) is 29.9 Å². The van der Waals surface area contributed by atoms with Crippen LogP contribution in [0.5, 0.6) is 0 Å². The van der Waals surface area contributed by atoms with E-state index in [0.29, 0.717) is 0 Å². The lowest BCUT2D eigenvalue weighted by Crippen LogP contribution is -2.51. The average molecular weight is 446 g/mol. The van der Waals surface area contributed by atoms with Gasteiger partial charge in [-0.25, -0.2) is 4.79 Å². The molecule has 1 aromatic carbocycles. The van der Waals surface area contributed by atoms with Crippen molar-refractivity contribution < 1.29 is 24.6 Å². The quantitative estimate of drug-likeness (QED) is 0.568. The number of carboxylic acid groups (broad SMARTS) is 1. The summed E-state index contributed by atoms with van der Waals surface area (Å²) >= 11 is 2.11. The minimum atomic E-state index is -1.14. The predicted octanol–water partition coefficient (Wildman–Crippen LogP) is 0.385. The molecule has 1 aliphatic rings. The van der Waals surface area contributed by atoms with Crippen molar-refractivity contribution in [3.05, 3.63) is 33.4 Å². The van der Waals surface area contributed by atoms with Gasteiger partial charge in [0.2, 0.25) is 11.8 Å². The third kappa shape index (κ3) is 4.44. The van der Waals surface area contributed by atoms with Gasteiger partial charge in [-0.15, -0.1) is 0 Å². The Labute approximate surface area is 153 Å². The van der Waals surface area contributed by atoms with E-state index in [2.05, 4.69) is 27.9 Å². The monoisotopic (exact) mass is 446 g/mol. The first kappa shape index (κ1) is 18.7. The highest BCUT2D eigenvalue weighted by atomic mass is 127. The van der Waals surface area contributed by atoms with Crippen molar-refractivity contribution >= 4 is 40.4 Å². The van der Waals surface area contributed by atoms with E-state index in [1.54, 1.807) is 0 Å². The standard InChI is InChI=1S/C16H19IN2O5/c1-9(20)19-8-11(21)7-14(19)15(22)18-13(16(23)24)6-10-4-2-3-5-12(10)17/h2-5,11,13-14,21H,6-8H2,1H3,(H,18,22)(H,23,24)/t11-,13+,14+/m1/s1. The van der Waals surface area contributed by atoms with E-state index >= 15 is 0 Å². The number of aliphatic carboxylic acids is 1. The first-order valence-electron chi connectivity index (χ1n) is 7.51. The number of aliphatic hydroxyl groups excluding tert-OH is 1. The molecule has 2 amide bonds. The zero-order valence-electron chi connectivity index (χ0n) is 13.1. The van der Waals surface area contributed by atoms with Gasteiger partial charge in [-0.3, -0.25) is 9.59 Å². The Kier molecular flexibility index (Phi) is 6.16. The molecule has 1 aliphatic heterocycles. The molecule has 0 unspecified atom stereocenters. The molecule has 1 saturated heterocycles. The molecule has 7 nitrogen and oxygen atoms in total. The highest BCUT2D eigenvalue weighted by Crippen LogP contribution is 2.19. The molecule has 1 heterocycles. The van der Waals surface area contributed by atoms with E-state index in [4.69, 9.17) is 0 Å². The smallest absolute Gasteiger partial charge is 0.326 e. The Morgan fingerprint density at radius 3 is 2.62 bits per heavy atom. The van der Waals surface area contributed by atoms with Crippen LogP contribution in [0.4, 0.5) is 0 Å². The zero-order chi connectivity index (χ0) is 17.9. The molecule has 3 N–H and O–H groups in total. The molecule has 0 radical (unpaired) electrons. The minimum Gasteiger partial charge on any atom is -0.480 e. The van der Waals surface area contributed by atoms with Crippen molar-refractivity contribution in [2.75, 3.05) is 6.54 Å². The summed E-state index contributed by atoms with van der Waals surface area (Å²) in [6.07, 6.45) is -0.515. The van der Waals surface area contributed by atoms with E-state index in [0.717, 1.165) is 9.13 Å². The summed E-state index contributed by atoms with van der Waals surface area (Å²) < 4.78 is 0.914. The van der Waals surface area contributed by atoms with Crippen LogP contribution in [0.1, 0.15) is 18.9 Å². The number of hydrogen-bond acceptors (Lipinski definition) is 4. The zero-order valence-corrected chi connectivity index (χ0v) is 15.3. The predicted molar refractivity (Wildman–Crippen MR) is 94.2 cm³/mol. The largest absolute Gasteiger partial charge is 0.480 e. The molecule has 0 spiro atoms. The molecule has 130 valence electrons. The van der Waals surface area contributed by atoms with Gasteiger partial charge >= 0.3 is 5.97 Å². The number of nitrogens with zero attached hydrogens (tertiary/aromatic N) is 1. The van der Waals surface area contributed by atoms with Crippen LogP contribution in [-0.4, -0.2) is 57.6 Å². The van der Waals surface area contributed by atoms with Crippen molar-refractivity contribution in [1.29, 1.82) is 0 Å². The first-order valence-corrected chi connectivity index (χ1v) is 8.59. The van der Waals surface area contributed by atoms with Crippen molar-refractivity contribution in [2.45, 2.75) is 38.0 Å². The van der Waals surface area contributed by atoms with E-state index in [1.165, 1.54) is 11.8 Å². The van der Waals surface area contributed by atoms with E-state index < -0.39 is 30.1 Å². The summed E-state index contributed by atoms with van der Waals surface area (Å²) in [4.78, 5) is 36.8. The second-order valence-electron chi connectivity index (χ2n) is 5.77. The van der Waals surface area contributed by atoms with Crippen LogP contribution in [0.15, 0.2) is 24.3 Å². The highest BCUT2D eigenvalue weighted by molar-refractivity contribution is 14.1. The Hall–Kier alpha value is -1.68. The number of likely N-dealkylation sites (tertiary alicyclic amines) is 1. The van der Waals surface area contributed by atoms with Crippen LogP contribution in [0, 0.1) is 3.57 Å². The van der Waals surface area contributed by atoms with Crippen LogP contribution in [0.3, 0.4) is 0 Å². The van der Waals surface area contributed by atoms with Gasteiger partial charge in [0.05, 0.1) is 6.10 Å². The molecule has 0 bridgehead atoms. The molecule has 0 saturated carbocycles. The minimum absolute atomic E-state index is 0.0851. The maximum atomic E-state index is 12.4. The van der Waals surface area contributed by atoms with Gasteiger partial charge in [-0.2, -0.15) is 0 Å². The Bertz CT molecular complexity index is 651. The van der Waals surface area contributed by atoms with Crippen molar-refractivity contribution in [1.82, 2.24) is 10.2 Å². The summed E-state index contributed by atoms with van der Waals surface area (Å²) in [7, 11) is 0. The van der Waals surface area contributed by atoms with Crippen molar-refractivity contribution in [3.8, 4) is 0 Å². The number of carbonyl (C=O) groups is 3. The molecule has 24 heavy (non-hydrogen) atoms. The van der Waals surface area contributed by atoms with Gasteiger partial charge in [0.1, 0.15) is 12.1 Å². The normalized spacial score (nSPS) is 21.4. The molecular weight excluding hydrogens is 427 g/mol. The van der Waals surface area contributed by atoms with E-state index in [1.807, 2.05) is 24.3 Å². The Morgan fingerprint density at radius 1 is 1.38 bits per heavy atom. The molecule has 3 atom stereocenters. The summed E-state index contributed by atoms with van der Waals surface area (Å²) in [6.45, 7) is 1.40. The number of hydrogen-bond donors (Lipinski definition) is 3. The van der Waals surface area contributed by atoms with Crippen LogP contribution in [0.25, 0.3) is 0 Å². The van der Waals surface area contributed by atoms with Gasteiger partial charge in [0.15, 0.2) is 0 Å². The van der Waals surface area contributed by atoms with Gasteiger partial charge in [0.25, 0.3) is 0 Å². The lowest BCUT2D eigenvalue weighted by molar-refractivity contribution is -0.143. The van der Waals surface area contributed by atoms with E-state index in [-0.39, 0.29) is 25.3 Å². The van der Waals surface area contributed by atoms with Crippen LogP contribution < -0.4 is 5.32 Å². The number of halogens is 1. The molecular formula is C16H19IN2O5. The van der Waals surface area contributed by atoms with Crippen molar-refractivity contribution in [3.63, 3.8) is 0 Å². The van der Waals surface area contributed by atoms with E-state index in [9.17, 15) is 24.6 Å². The molecule has 0 aliphatic carbocycles. The maximum absolute atomic E-state index is 12.4. The number of carboxylic acids is 1. The van der Waals surface area contributed by atoms with Crippen LogP contribution in [0.2, 0.25) is 0 Å². The first-order chi connectivity index (χ1) is 11.3. The highest BCUT2D eigenvalue weighted by Gasteiger charge is 2.38. The SMILES string of the molecule is CC(=O)N1C[C@H](O)C[C@H]1C(=O)N[C@@H](Cc1ccccc1I)C(=O)O. The number of nitrogens with one attached hydrogen (secondary N) is 1. The lowest BCUT2D eigenvalue weighted by Gasteiger charge is -2.24. The topological polar surface area (TPSA) is 107 Å². The Balaban J connectivity index is 2.10. The molecule has 8 heteroatoms. The van der Waals surface area contributed by atoms with Crippen LogP contribution >= 0.6 is 22.6 Å². The average Bonchev–Trinajstić information content (AvgIpc) is 2.91. The fourth-order valence-corrected chi connectivity index (χ4v) is 3.37. The summed E-state index contributed by atoms with van der Waals surface area (Å²) in [5.41, 5.74) is 0.820. The number of benzene rings is 1. The second kappa shape index (κ2) is 7.93. The van der Waals surface area contributed by atoms with Gasteiger partial charge in [-0.05, 0) is 34.2 Å². The number of β-amino-alcohol motifs (C(OH)–C–C–N with tert-alkyl or cyclic N) is 1.